The van der Waals surface area contributed by atoms with Crippen molar-refractivity contribution in [3.05, 3.63) is 71.5 Å². The Morgan fingerprint density at radius 3 is 2.30 bits per heavy atom. The van der Waals surface area contributed by atoms with E-state index in [1.165, 1.54) is 57.7 Å². The fraction of sp³-hybridized carbons (Fsp3) is 0.148. The second-order valence-electron chi connectivity index (χ2n) is 7.90. The summed E-state index contributed by atoms with van der Waals surface area (Å²) >= 11 is 0. The lowest BCUT2D eigenvalue weighted by molar-refractivity contribution is -0.119. The first-order chi connectivity index (χ1) is 17.8. The lowest BCUT2D eigenvalue weighted by Gasteiger charge is -2.15. The number of hydrogen-bond donors (Lipinski definition) is 2. The number of methoxy groups -OCH3 is 2. The molecule has 0 aliphatic carbocycles. The number of benzene rings is 3. The second-order valence-corrected chi connectivity index (χ2v) is 7.90. The average molecular weight is 506 g/mol. The van der Waals surface area contributed by atoms with Gasteiger partial charge in [-0.2, -0.15) is 0 Å². The fourth-order valence-electron chi connectivity index (χ4n) is 3.91. The number of halogens is 1. The summed E-state index contributed by atoms with van der Waals surface area (Å²) in [6, 6.07) is 13.6. The molecule has 2 amide bonds. The third-order valence-electron chi connectivity index (χ3n) is 5.64. The van der Waals surface area contributed by atoms with Crippen molar-refractivity contribution in [3.8, 4) is 33.9 Å². The number of nitrogens with two attached hydrogens (primary N) is 1. The van der Waals surface area contributed by atoms with Gasteiger partial charge in [-0.1, -0.05) is 6.07 Å². The van der Waals surface area contributed by atoms with Crippen LogP contribution in [0.4, 0.5) is 4.39 Å². The molecule has 37 heavy (non-hydrogen) atoms. The number of fused-ring (bicyclic) bond motifs is 1. The van der Waals surface area contributed by atoms with Crippen molar-refractivity contribution < 1.29 is 37.4 Å². The minimum Gasteiger partial charge on any atom is -0.496 e. The second kappa shape index (κ2) is 10.4. The number of nitrogens with one attached hydrogen (secondary N) is 1. The molecular formula is C27H23FN2O7. The SMILES string of the molecule is CNC(=O)c1c(-c2ccc(F)cc2)oc2ccc(-c3cc(C(=O)OC)c(OC)cc3OCC(N)=O)cc12. The molecule has 1 aromatic heterocycles. The zero-order chi connectivity index (χ0) is 26.7. The van der Waals surface area contributed by atoms with Gasteiger partial charge in [0.15, 0.2) is 6.61 Å². The van der Waals surface area contributed by atoms with Crippen LogP contribution < -0.4 is 20.5 Å². The van der Waals surface area contributed by atoms with E-state index in [1.54, 1.807) is 18.2 Å². The van der Waals surface area contributed by atoms with E-state index >= 15 is 0 Å². The molecule has 0 radical (unpaired) electrons. The number of esters is 1. The monoisotopic (exact) mass is 506 g/mol. The molecule has 0 bridgehead atoms. The quantitative estimate of drug-likeness (QED) is 0.346. The highest BCUT2D eigenvalue weighted by Crippen LogP contribution is 2.40. The molecule has 0 atom stereocenters. The van der Waals surface area contributed by atoms with Crippen LogP contribution in [0.1, 0.15) is 20.7 Å². The summed E-state index contributed by atoms with van der Waals surface area (Å²) in [5, 5.41) is 3.07. The zero-order valence-corrected chi connectivity index (χ0v) is 20.2. The van der Waals surface area contributed by atoms with Crippen molar-refractivity contribution in [3.63, 3.8) is 0 Å². The molecule has 0 saturated carbocycles. The third-order valence-corrected chi connectivity index (χ3v) is 5.64. The van der Waals surface area contributed by atoms with Crippen LogP contribution >= 0.6 is 0 Å². The van der Waals surface area contributed by atoms with Crippen molar-refractivity contribution >= 4 is 28.8 Å². The molecular weight excluding hydrogens is 483 g/mol. The lowest BCUT2D eigenvalue weighted by atomic mass is 9.97. The minimum atomic E-state index is -0.696. The van der Waals surface area contributed by atoms with E-state index in [0.717, 1.165) is 0 Å². The maximum Gasteiger partial charge on any atom is 0.341 e. The number of primary amides is 1. The number of rotatable bonds is 8. The predicted molar refractivity (Wildman–Crippen MR) is 133 cm³/mol. The molecule has 3 aromatic carbocycles. The molecule has 0 aliphatic heterocycles. The Labute approximate surface area is 210 Å². The summed E-state index contributed by atoms with van der Waals surface area (Å²) < 4.78 is 35.3. The van der Waals surface area contributed by atoms with Crippen molar-refractivity contribution in [2.45, 2.75) is 0 Å². The Hall–Kier alpha value is -4.86. The molecule has 10 heteroatoms. The van der Waals surface area contributed by atoms with Crippen LogP contribution in [0.25, 0.3) is 33.4 Å². The summed E-state index contributed by atoms with van der Waals surface area (Å²) in [7, 11) is 4.11. The Bertz CT molecular complexity index is 1510. The molecule has 0 fully saturated rings. The van der Waals surface area contributed by atoms with Crippen LogP contribution in [0.15, 0.2) is 59.0 Å². The predicted octanol–water partition coefficient (Wildman–Crippen LogP) is 3.92. The van der Waals surface area contributed by atoms with E-state index in [2.05, 4.69) is 5.32 Å². The van der Waals surface area contributed by atoms with Gasteiger partial charge in [0, 0.05) is 29.6 Å². The van der Waals surface area contributed by atoms with Crippen molar-refractivity contribution in [1.82, 2.24) is 5.32 Å². The molecule has 9 nitrogen and oxygen atoms in total. The fourth-order valence-corrected chi connectivity index (χ4v) is 3.91. The molecule has 4 rings (SSSR count). The Kier molecular flexibility index (Phi) is 7.10. The van der Waals surface area contributed by atoms with Crippen LogP contribution in [0, 0.1) is 5.82 Å². The maximum atomic E-state index is 13.5. The minimum absolute atomic E-state index is 0.122. The van der Waals surface area contributed by atoms with Gasteiger partial charge in [0.2, 0.25) is 0 Å². The largest absolute Gasteiger partial charge is 0.496 e. The molecule has 1 heterocycles. The summed E-state index contributed by atoms with van der Waals surface area (Å²) in [6.07, 6.45) is 0. The number of furan rings is 1. The van der Waals surface area contributed by atoms with E-state index < -0.39 is 30.2 Å². The molecule has 4 aromatic rings. The molecule has 3 N–H and O–H groups in total. The van der Waals surface area contributed by atoms with Gasteiger partial charge >= 0.3 is 5.97 Å². The van der Waals surface area contributed by atoms with E-state index in [4.69, 9.17) is 24.4 Å². The third kappa shape index (κ3) is 4.94. The highest BCUT2D eigenvalue weighted by Gasteiger charge is 2.24. The van der Waals surface area contributed by atoms with Crippen LogP contribution in [-0.4, -0.2) is 45.7 Å². The molecule has 190 valence electrons. The van der Waals surface area contributed by atoms with Gasteiger partial charge in [-0.05, 0) is 48.0 Å². The zero-order valence-electron chi connectivity index (χ0n) is 20.2. The molecule has 0 spiro atoms. The van der Waals surface area contributed by atoms with Gasteiger partial charge in [0.25, 0.3) is 11.8 Å². The Morgan fingerprint density at radius 2 is 1.68 bits per heavy atom. The molecule has 0 saturated heterocycles. The van der Waals surface area contributed by atoms with E-state index in [9.17, 15) is 18.8 Å². The van der Waals surface area contributed by atoms with Crippen LogP contribution in [-0.2, 0) is 9.53 Å². The summed E-state index contributed by atoms with van der Waals surface area (Å²) in [5.41, 5.74) is 7.50. The van der Waals surface area contributed by atoms with Crippen molar-refractivity contribution in [2.75, 3.05) is 27.9 Å². The van der Waals surface area contributed by atoms with Crippen molar-refractivity contribution in [2.24, 2.45) is 5.73 Å². The number of hydrogen-bond acceptors (Lipinski definition) is 7. The van der Waals surface area contributed by atoms with Gasteiger partial charge in [0.05, 0.1) is 19.8 Å². The highest BCUT2D eigenvalue weighted by atomic mass is 19.1. The Balaban J connectivity index is 1.96. The first-order valence-corrected chi connectivity index (χ1v) is 11.0. The summed E-state index contributed by atoms with van der Waals surface area (Å²) in [4.78, 5) is 36.7. The highest BCUT2D eigenvalue weighted by molar-refractivity contribution is 6.12. The van der Waals surface area contributed by atoms with E-state index in [-0.39, 0.29) is 28.4 Å². The smallest absolute Gasteiger partial charge is 0.341 e. The first kappa shape index (κ1) is 25.2. The maximum absolute atomic E-state index is 13.5. The van der Waals surface area contributed by atoms with Gasteiger partial charge in [-0.3, -0.25) is 9.59 Å². The van der Waals surface area contributed by atoms with E-state index in [0.29, 0.717) is 27.7 Å². The number of carbonyl (C=O) groups is 3. The van der Waals surface area contributed by atoms with Gasteiger partial charge in [-0.25, -0.2) is 9.18 Å². The van der Waals surface area contributed by atoms with Crippen LogP contribution in [0.5, 0.6) is 11.5 Å². The topological polar surface area (TPSA) is 130 Å². The Morgan fingerprint density at radius 1 is 0.973 bits per heavy atom. The van der Waals surface area contributed by atoms with E-state index in [1.807, 2.05) is 0 Å². The number of carbonyl (C=O) groups excluding carboxylic acids is 3. The van der Waals surface area contributed by atoms with Crippen LogP contribution in [0.2, 0.25) is 0 Å². The molecule has 0 unspecified atom stereocenters. The first-order valence-electron chi connectivity index (χ1n) is 11.0. The van der Waals surface area contributed by atoms with Crippen molar-refractivity contribution in [1.29, 1.82) is 0 Å². The average Bonchev–Trinajstić information content (AvgIpc) is 3.29. The lowest BCUT2D eigenvalue weighted by Crippen LogP contribution is -2.20. The standard InChI is InChI=1S/C27H23FN2O7/c1-30-26(32)24-18-10-15(6-9-20(18)37-25(24)14-4-7-16(28)8-5-14)17-11-19(27(33)35-3)21(34-2)12-22(17)36-13-23(29)31/h4-12H,13H2,1-3H3,(H2,29,31)(H,30,32). The molecule has 0 aliphatic rings. The van der Waals surface area contributed by atoms with Crippen LogP contribution in [0.3, 0.4) is 0 Å². The van der Waals surface area contributed by atoms with Gasteiger partial charge in [0.1, 0.15) is 34.2 Å². The van der Waals surface area contributed by atoms with Gasteiger partial charge < -0.3 is 29.7 Å². The summed E-state index contributed by atoms with van der Waals surface area (Å²) in [5.74, 6) is -1.53. The number of amides is 2. The normalized spacial score (nSPS) is 10.7. The number of ether oxygens (including phenoxy) is 3. The van der Waals surface area contributed by atoms with Gasteiger partial charge in [-0.15, -0.1) is 0 Å². The summed E-state index contributed by atoms with van der Waals surface area (Å²) in [6.45, 7) is -0.417.